The van der Waals surface area contributed by atoms with Crippen LogP contribution in [0.5, 0.6) is 0 Å². The van der Waals surface area contributed by atoms with E-state index in [9.17, 15) is 23.3 Å². The van der Waals surface area contributed by atoms with Crippen molar-refractivity contribution in [2.45, 2.75) is 11.4 Å². The molecule has 0 atom stereocenters. The van der Waals surface area contributed by atoms with Crippen LogP contribution in [0.3, 0.4) is 0 Å². The molecule has 3 rings (SSSR count). The van der Waals surface area contributed by atoms with Crippen molar-refractivity contribution in [2.75, 3.05) is 20.0 Å². The fourth-order valence-corrected chi connectivity index (χ4v) is 4.49. The lowest BCUT2D eigenvalue weighted by Gasteiger charge is -2.05. The Morgan fingerprint density at radius 1 is 1.28 bits per heavy atom. The van der Waals surface area contributed by atoms with Gasteiger partial charge in [0.25, 0.3) is 11.6 Å². The lowest BCUT2D eigenvalue weighted by atomic mass is 10.2. The van der Waals surface area contributed by atoms with Gasteiger partial charge in [-0.2, -0.15) is 4.99 Å². The van der Waals surface area contributed by atoms with Gasteiger partial charge in [0.15, 0.2) is 14.6 Å². The highest BCUT2D eigenvalue weighted by atomic mass is 32.2. The molecule has 1 amide bonds. The number of nitrogens with zero attached hydrogens (tertiary/aromatic N) is 3. The van der Waals surface area contributed by atoms with E-state index in [2.05, 4.69) is 4.99 Å². The van der Waals surface area contributed by atoms with Gasteiger partial charge in [-0.05, 0) is 24.3 Å². The number of methoxy groups -OCH3 is 1. The normalized spacial score (nSPS) is 12.4. The first-order valence-electron chi connectivity index (χ1n) is 8.36. The highest BCUT2D eigenvalue weighted by Crippen LogP contribution is 2.22. The number of benzene rings is 2. The van der Waals surface area contributed by atoms with Crippen molar-refractivity contribution in [2.24, 2.45) is 4.99 Å². The molecule has 1 heterocycles. The summed E-state index contributed by atoms with van der Waals surface area (Å²) in [7, 11) is -1.84. The van der Waals surface area contributed by atoms with Gasteiger partial charge in [-0.25, -0.2) is 8.42 Å². The number of nitro groups is 1. The molecule has 2 aromatic carbocycles. The number of rotatable bonds is 6. The molecule has 0 unspecified atom stereocenters. The van der Waals surface area contributed by atoms with Gasteiger partial charge in [0, 0.05) is 37.6 Å². The average Bonchev–Trinajstić information content (AvgIpc) is 3.01. The number of carbonyl (C=O) groups is 1. The van der Waals surface area contributed by atoms with Crippen LogP contribution in [0.2, 0.25) is 0 Å². The first kappa shape index (κ1) is 20.8. The maximum atomic E-state index is 12.6. The number of nitro benzene ring substituents is 1. The van der Waals surface area contributed by atoms with Crippen LogP contribution in [-0.4, -0.2) is 43.8 Å². The number of carbonyl (C=O) groups excluding carboxylic acids is 1. The van der Waals surface area contributed by atoms with Crippen LogP contribution in [-0.2, 0) is 21.1 Å². The van der Waals surface area contributed by atoms with Crippen molar-refractivity contribution in [1.82, 2.24) is 4.57 Å². The quantitative estimate of drug-likeness (QED) is 0.433. The summed E-state index contributed by atoms with van der Waals surface area (Å²) in [6.07, 6.45) is 1.12. The van der Waals surface area contributed by atoms with Gasteiger partial charge in [0.2, 0.25) is 0 Å². The molecule has 9 nitrogen and oxygen atoms in total. The molecular weight excluding hydrogens is 418 g/mol. The Morgan fingerprint density at radius 2 is 2.03 bits per heavy atom. The number of sulfone groups is 1. The SMILES string of the molecule is COCCn1c(=NC(=O)c2cccc([N+](=O)[O-])c2)sc2cc(S(C)(=O)=O)ccc21. The van der Waals surface area contributed by atoms with E-state index in [1.165, 1.54) is 36.4 Å². The maximum absolute atomic E-state index is 12.6. The molecule has 152 valence electrons. The fraction of sp³-hybridized carbons (Fsp3) is 0.222. The molecule has 0 aliphatic carbocycles. The van der Waals surface area contributed by atoms with Gasteiger partial charge in [0.1, 0.15) is 0 Å². The molecule has 29 heavy (non-hydrogen) atoms. The zero-order chi connectivity index (χ0) is 21.2. The lowest BCUT2D eigenvalue weighted by Crippen LogP contribution is -2.19. The van der Waals surface area contributed by atoms with E-state index in [1.54, 1.807) is 17.7 Å². The van der Waals surface area contributed by atoms with Crippen LogP contribution in [0, 0.1) is 10.1 Å². The fourth-order valence-electron chi connectivity index (χ4n) is 2.67. The summed E-state index contributed by atoms with van der Waals surface area (Å²) in [5.74, 6) is -0.630. The summed E-state index contributed by atoms with van der Waals surface area (Å²) in [5.41, 5.74) is 0.601. The Hall–Kier alpha value is -2.89. The van der Waals surface area contributed by atoms with E-state index in [0.29, 0.717) is 28.2 Å². The van der Waals surface area contributed by atoms with Crippen molar-refractivity contribution in [3.8, 4) is 0 Å². The Morgan fingerprint density at radius 3 is 2.69 bits per heavy atom. The van der Waals surface area contributed by atoms with Gasteiger partial charge in [0.05, 0.1) is 26.6 Å². The van der Waals surface area contributed by atoms with E-state index in [4.69, 9.17) is 4.74 Å². The number of hydrogen-bond acceptors (Lipinski definition) is 7. The van der Waals surface area contributed by atoms with Gasteiger partial charge >= 0.3 is 0 Å². The minimum Gasteiger partial charge on any atom is -0.383 e. The Labute approximate surface area is 170 Å². The van der Waals surface area contributed by atoms with Crippen LogP contribution in [0.1, 0.15) is 10.4 Å². The molecular formula is C18H17N3O6S2. The van der Waals surface area contributed by atoms with Gasteiger partial charge in [-0.3, -0.25) is 14.9 Å². The van der Waals surface area contributed by atoms with Crippen LogP contribution < -0.4 is 4.80 Å². The highest BCUT2D eigenvalue weighted by molar-refractivity contribution is 7.90. The molecule has 0 saturated heterocycles. The molecule has 0 fully saturated rings. The second kappa shape index (κ2) is 8.23. The molecule has 0 saturated carbocycles. The zero-order valence-corrected chi connectivity index (χ0v) is 17.2. The standard InChI is InChI=1S/C18H17N3O6S2/c1-27-9-8-20-15-7-6-14(29(2,25)26)11-16(15)28-18(20)19-17(22)12-4-3-5-13(10-12)21(23)24/h3-7,10-11H,8-9H2,1-2H3. The third-order valence-electron chi connectivity index (χ3n) is 4.10. The molecule has 0 radical (unpaired) electrons. The van der Waals surface area contributed by atoms with Crippen LogP contribution in [0.4, 0.5) is 5.69 Å². The van der Waals surface area contributed by atoms with Crippen LogP contribution >= 0.6 is 11.3 Å². The Kier molecular flexibility index (Phi) is 5.91. The smallest absolute Gasteiger partial charge is 0.279 e. The predicted molar refractivity (Wildman–Crippen MR) is 108 cm³/mol. The van der Waals surface area contributed by atoms with E-state index in [1.807, 2.05) is 0 Å². The summed E-state index contributed by atoms with van der Waals surface area (Å²) in [5, 5.41) is 10.9. The third kappa shape index (κ3) is 4.58. The van der Waals surface area contributed by atoms with Crippen molar-refractivity contribution in [3.63, 3.8) is 0 Å². The number of amides is 1. The van der Waals surface area contributed by atoms with Crippen molar-refractivity contribution < 1.29 is 22.9 Å². The highest BCUT2D eigenvalue weighted by Gasteiger charge is 2.14. The van der Waals surface area contributed by atoms with E-state index >= 15 is 0 Å². The monoisotopic (exact) mass is 435 g/mol. The predicted octanol–water partition coefficient (Wildman–Crippen LogP) is 2.40. The zero-order valence-electron chi connectivity index (χ0n) is 15.6. The van der Waals surface area contributed by atoms with Gasteiger partial charge in [-0.1, -0.05) is 17.4 Å². The Bertz CT molecular complexity index is 1270. The summed E-state index contributed by atoms with van der Waals surface area (Å²) in [4.78, 5) is 27.6. The first-order chi connectivity index (χ1) is 13.7. The maximum Gasteiger partial charge on any atom is 0.279 e. The first-order valence-corrected chi connectivity index (χ1v) is 11.1. The third-order valence-corrected chi connectivity index (χ3v) is 6.25. The van der Waals surface area contributed by atoms with E-state index in [0.717, 1.165) is 17.6 Å². The number of non-ortho nitro benzene ring substituents is 1. The number of ether oxygens (including phenoxy) is 1. The van der Waals surface area contributed by atoms with E-state index in [-0.39, 0.29) is 16.1 Å². The molecule has 11 heteroatoms. The second-order valence-corrected chi connectivity index (χ2v) is 9.18. The Balaban J connectivity index is 2.14. The summed E-state index contributed by atoms with van der Waals surface area (Å²) in [6, 6.07) is 10.0. The minimum absolute atomic E-state index is 0.0896. The lowest BCUT2D eigenvalue weighted by molar-refractivity contribution is -0.384. The number of thiazole rings is 1. The minimum atomic E-state index is -3.38. The summed E-state index contributed by atoms with van der Waals surface area (Å²) >= 11 is 1.16. The molecule has 0 N–H and O–H groups in total. The molecule has 1 aromatic heterocycles. The van der Waals surface area contributed by atoms with E-state index < -0.39 is 20.7 Å². The topological polar surface area (TPSA) is 121 Å². The molecule has 0 aliphatic heterocycles. The second-order valence-electron chi connectivity index (χ2n) is 6.16. The van der Waals surface area contributed by atoms with Gasteiger partial charge in [-0.15, -0.1) is 0 Å². The average molecular weight is 435 g/mol. The van der Waals surface area contributed by atoms with Crippen molar-refractivity contribution in [1.29, 1.82) is 0 Å². The number of hydrogen-bond donors (Lipinski definition) is 0. The molecule has 0 bridgehead atoms. The molecule has 3 aromatic rings. The number of aromatic nitrogens is 1. The van der Waals surface area contributed by atoms with Crippen molar-refractivity contribution in [3.05, 3.63) is 62.9 Å². The largest absolute Gasteiger partial charge is 0.383 e. The molecule has 0 spiro atoms. The van der Waals surface area contributed by atoms with Gasteiger partial charge < -0.3 is 9.30 Å². The summed E-state index contributed by atoms with van der Waals surface area (Å²) in [6.45, 7) is 0.758. The summed E-state index contributed by atoms with van der Waals surface area (Å²) < 4.78 is 31.2. The number of fused-ring (bicyclic) bond motifs is 1. The van der Waals surface area contributed by atoms with Crippen LogP contribution in [0.15, 0.2) is 52.4 Å². The molecule has 0 aliphatic rings. The van der Waals surface area contributed by atoms with Crippen LogP contribution in [0.25, 0.3) is 10.2 Å². The van der Waals surface area contributed by atoms with Crippen molar-refractivity contribution >= 4 is 43.0 Å².